The van der Waals surface area contributed by atoms with Crippen molar-refractivity contribution >= 4 is 11.9 Å². The third-order valence-electron chi connectivity index (χ3n) is 3.74. The number of carbonyl (C=O) groups is 1. The van der Waals surface area contributed by atoms with Gasteiger partial charge in [-0.05, 0) is 36.4 Å². The molecule has 1 N–H and O–H groups in total. The van der Waals surface area contributed by atoms with Gasteiger partial charge in [0.25, 0.3) is 0 Å². The molecule has 0 spiro atoms. The Hall–Kier alpha value is -3.34. The van der Waals surface area contributed by atoms with E-state index in [0.29, 0.717) is 11.3 Å². The van der Waals surface area contributed by atoms with Gasteiger partial charge in [-0.3, -0.25) is 9.89 Å². The Kier molecular flexibility index (Phi) is 3.59. The number of H-pyrrole nitrogens is 1. The van der Waals surface area contributed by atoms with Crippen LogP contribution in [-0.4, -0.2) is 22.8 Å². The van der Waals surface area contributed by atoms with E-state index >= 15 is 0 Å². The normalized spacial score (nSPS) is 12.7. The summed E-state index contributed by atoms with van der Waals surface area (Å²) in [4.78, 5) is 12.1. The van der Waals surface area contributed by atoms with Crippen molar-refractivity contribution in [3.63, 3.8) is 0 Å². The zero-order valence-electron chi connectivity index (χ0n) is 12.7. The molecule has 0 fully saturated rings. The molecule has 0 radical (unpaired) electrons. The van der Waals surface area contributed by atoms with E-state index < -0.39 is 0 Å². The lowest BCUT2D eigenvalue weighted by molar-refractivity contribution is 0.104. The Bertz CT molecular complexity index is 913. The van der Waals surface area contributed by atoms with Crippen molar-refractivity contribution in [2.75, 3.05) is 6.79 Å². The number of carbonyl (C=O) groups excluding carboxylic acids is 1. The molecule has 4 rings (SSSR count). The van der Waals surface area contributed by atoms with Gasteiger partial charge >= 0.3 is 0 Å². The number of aromatic nitrogens is 2. The van der Waals surface area contributed by atoms with Gasteiger partial charge in [0.2, 0.25) is 6.79 Å². The van der Waals surface area contributed by atoms with Crippen molar-refractivity contribution in [2.45, 2.75) is 0 Å². The fourth-order valence-corrected chi connectivity index (χ4v) is 2.49. The summed E-state index contributed by atoms with van der Waals surface area (Å²) in [6.45, 7) is 0.245. The van der Waals surface area contributed by atoms with Crippen LogP contribution in [0.25, 0.3) is 17.3 Å². The number of rotatable bonds is 4. The van der Waals surface area contributed by atoms with Crippen molar-refractivity contribution in [3.8, 4) is 22.8 Å². The Morgan fingerprint density at radius 3 is 2.75 bits per heavy atom. The Morgan fingerprint density at radius 2 is 1.88 bits per heavy atom. The zero-order valence-corrected chi connectivity index (χ0v) is 12.7. The van der Waals surface area contributed by atoms with Gasteiger partial charge in [-0.15, -0.1) is 0 Å². The standard InChI is InChI=1S/C19H14N2O3/c22-17(13-4-2-1-3-5-13)8-7-15-11-16(21-20-15)14-6-9-18-19(10-14)24-12-23-18/h1-11H,12H2,(H,20,21)/b8-7+. The van der Waals surface area contributed by atoms with E-state index in [1.807, 2.05) is 42.5 Å². The first-order valence-corrected chi connectivity index (χ1v) is 7.52. The predicted molar refractivity (Wildman–Crippen MR) is 90.0 cm³/mol. The molecule has 1 aromatic heterocycles. The lowest BCUT2D eigenvalue weighted by atomic mass is 10.1. The maximum atomic E-state index is 12.1. The number of hydrogen-bond donors (Lipinski definition) is 1. The highest BCUT2D eigenvalue weighted by molar-refractivity contribution is 6.06. The van der Waals surface area contributed by atoms with Gasteiger partial charge in [0, 0.05) is 11.1 Å². The molecule has 2 aromatic carbocycles. The Morgan fingerprint density at radius 1 is 1.04 bits per heavy atom. The molecule has 5 nitrogen and oxygen atoms in total. The minimum atomic E-state index is -0.0465. The van der Waals surface area contributed by atoms with E-state index in [2.05, 4.69) is 10.2 Å². The number of ether oxygens (including phenoxy) is 2. The van der Waals surface area contributed by atoms with Gasteiger partial charge in [0.1, 0.15) is 0 Å². The minimum absolute atomic E-state index is 0.0465. The van der Waals surface area contributed by atoms with Gasteiger partial charge in [-0.25, -0.2) is 0 Å². The number of ketones is 1. The number of benzene rings is 2. The monoisotopic (exact) mass is 318 g/mol. The molecule has 24 heavy (non-hydrogen) atoms. The number of allylic oxidation sites excluding steroid dienone is 1. The third-order valence-corrected chi connectivity index (χ3v) is 3.74. The smallest absolute Gasteiger partial charge is 0.231 e. The van der Waals surface area contributed by atoms with Gasteiger partial charge < -0.3 is 9.47 Å². The van der Waals surface area contributed by atoms with Gasteiger partial charge in [-0.2, -0.15) is 5.10 Å². The lowest BCUT2D eigenvalue weighted by Crippen LogP contribution is -1.92. The molecule has 0 aliphatic carbocycles. The van der Waals surface area contributed by atoms with Crippen molar-refractivity contribution in [2.24, 2.45) is 0 Å². The second-order valence-electron chi connectivity index (χ2n) is 5.34. The van der Waals surface area contributed by atoms with Crippen molar-refractivity contribution < 1.29 is 14.3 Å². The average molecular weight is 318 g/mol. The highest BCUT2D eigenvalue weighted by Crippen LogP contribution is 2.35. The van der Waals surface area contributed by atoms with E-state index in [0.717, 1.165) is 22.7 Å². The van der Waals surface area contributed by atoms with E-state index in [1.165, 1.54) is 6.08 Å². The summed E-state index contributed by atoms with van der Waals surface area (Å²) in [5.41, 5.74) is 3.11. The van der Waals surface area contributed by atoms with Crippen molar-refractivity contribution in [1.29, 1.82) is 0 Å². The van der Waals surface area contributed by atoms with E-state index in [9.17, 15) is 4.79 Å². The van der Waals surface area contributed by atoms with Crippen molar-refractivity contribution in [3.05, 3.63) is 71.9 Å². The van der Waals surface area contributed by atoms with Crippen LogP contribution in [0.1, 0.15) is 16.1 Å². The SMILES string of the molecule is O=C(/C=C/c1cc(-c2ccc3c(c2)OCO3)n[nH]1)c1ccccc1. The molecule has 3 aromatic rings. The molecule has 1 aliphatic rings. The Labute approximate surface area is 138 Å². The average Bonchev–Trinajstić information content (AvgIpc) is 3.29. The van der Waals surface area contributed by atoms with Gasteiger partial charge in [0.05, 0.1) is 11.4 Å². The maximum absolute atomic E-state index is 12.1. The molecule has 0 unspecified atom stereocenters. The molecule has 1 aliphatic heterocycles. The summed E-state index contributed by atoms with van der Waals surface area (Å²) < 4.78 is 10.7. The first-order valence-electron chi connectivity index (χ1n) is 7.52. The Balaban J connectivity index is 1.53. The number of aromatic amines is 1. The molecule has 0 saturated carbocycles. The molecule has 0 amide bonds. The molecular weight excluding hydrogens is 304 g/mol. The van der Waals surface area contributed by atoms with Crippen LogP contribution in [0.5, 0.6) is 11.5 Å². The molecule has 0 atom stereocenters. The second kappa shape index (κ2) is 6.04. The summed E-state index contributed by atoms with van der Waals surface area (Å²) >= 11 is 0. The first kappa shape index (κ1) is 14.3. The van der Waals surface area contributed by atoms with Crippen LogP contribution in [0.2, 0.25) is 0 Å². The van der Waals surface area contributed by atoms with Gasteiger partial charge in [0.15, 0.2) is 17.3 Å². The van der Waals surface area contributed by atoms with E-state index in [1.54, 1.807) is 18.2 Å². The van der Waals surface area contributed by atoms with Crippen LogP contribution < -0.4 is 9.47 Å². The number of hydrogen-bond acceptors (Lipinski definition) is 4. The fraction of sp³-hybridized carbons (Fsp3) is 0.0526. The molecule has 5 heteroatoms. The van der Waals surface area contributed by atoms with E-state index in [4.69, 9.17) is 9.47 Å². The van der Waals surface area contributed by atoms with Crippen molar-refractivity contribution in [1.82, 2.24) is 10.2 Å². The zero-order chi connectivity index (χ0) is 16.4. The number of nitrogens with one attached hydrogen (secondary N) is 1. The van der Waals surface area contributed by atoms with Crippen LogP contribution in [0, 0.1) is 0 Å². The van der Waals surface area contributed by atoms with Crippen LogP contribution in [0.4, 0.5) is 0 Å². The minimum Gasteiger partial charge on any atom is -0.454 e. The molecule has 0 saturated heterocycles. The quantitative estimate of drug-likeness (QED) is 0.588. The number of nitrogens with zero attached hydrogens (tertiary/aromatic N) is 1. The largest absolute Gasteiger partial charge is 0.454 e. The van der Waals surface area contributed by atoms with Gasteiger partial charge in [-0.1, -0.05) is 30.3 Å². The second-order valence-corrected chi connectivity index (χ2v) is 5.34. The van der Waals surface area contributed by atoms with Crippen LogP contribution >= 0.6 is 0 Å². The van der Waals surface area contributed by atoms with Crippen LogP contribution in [0.15, 0.2) is 60.7 Å². The predicted octanol–water partition coefficient (Wildman–Crippen LogP) is 3.70. The third kappa shape index (κ3) is 2.79. The first-order chi connectivity index (χ1) is 11.8. The molecule has 118 valence electrons. The van der Waals surface area contributed by atoms with Crippen LogP contribution in [0.3, 0.4) is 0 Å². The molecule has 2 heterocycles. The van der Waals surface area contributed by atoms with Crippen LogP contribution in [-0.2, 0) is 0 Å². The molecule has 0 bridgehead atoms. The topological polar surface area (TPSA) is 64.2 Å². The summed E-state index contributed by atoms with van der Waals surface area (Å²) in [5.74, 6) is 1.41. The number of fused-ring (bicyclic) bond motifs is 1. The molecular formula is C19H14N2O3. The highest BCUT2D eigenvalue weighted by Gasteiger charge is 2.14. The fourth-order valence-electron chi connectivity index (χ4n) is 2.49. The summed E-state index contributed by atoms with van der Waals surface area (Å²) in [5, 5.41) is 7.20. The summed E-state index contributed by atoms with van der Waals surface area (Å²) in [6.07, 6.45) is 3.26. The maximum Gasteiger partial charge on any atom is 0.231 e. The summed E-state index contributed by atoms with van der Waals surface area (Å²) in [6, 6.07) is 16.7. The lowest BCUT2D eigenvalue weighted by Gasteiger charge is -1.98. The van der Waals surface area contributed by atoms with E-state index in [-0.39, 0.29) is 12.6 Å². The summed E-state index contributed by atoms with van der Waals surface area (Å²) in [7, 11) is 0. The highest BCUT2D eigenvalue weighted by atomic mass is 16.7.